The van der Waals surface area contributed by atoms with Crippen LogP contribution in [0.1, 0.15) is 35.6 Å². The molecular formula is C13H17N3O. The molecule has 4 heteroatoms. The minimum atomic E-state index is 0.101. The quantitative estimate of drug-likeness (QED) is 0.757. The lowest BCUT2D eigenvalue weighted by atomic mass is 10.2. The Morgan fingerprint density at radius 1 is 1.47 bits per heavy atom. The van der Waals surface area contributed by atoms with Crippen LogP contribution in [0.15, 0.2) is 24.5 Å². The highest BCUT2D eigenvalue weighted by atomic mass is 16.1. The Balaban J connectivity index is 2.21. The Hall–Kier alpha value is -1.84. The molecule has 0 aromatic carbocycles. The number of rotatable bonds is 4. The summed E-state index contributed by atoms with van der Waals surface area (Å²) in [6.45, 7) is 7.27. The van der Waals surface area contributed by atoms with Crippen molar-refractivity contribution in [3.8, 4) is 0 Å². The number of carbonyl (C=O) groups excluding carboxylic acids is 1. The van der Waals surface area contributed by atoms with Crippen LogP contribution in [0.25, 0.3) is 0 Å². The van der Waals surface area contributed by atoms with Gasteiger partial charge < -0.3 is 4.57 Å². The van der Waals surface area contributed by atoms with E-state index >= 15 is 0 Å². The number of aromatic nitrogens is 3. The van der Waals surface area contributed by atoms with Crippen molar-refractivity contribution in [2.45, 2.75) is 33.9 Å². The van der Waals surface area contributed by atoms with Crippen LogP contribution in [0.3, 0.4) is 0 Å². The average molecular weight is 231 g/mol. The summed E-state index contributed by atoms with van der Waals surface area (Å²) in [7, 11) is 0. The van der Waals surface area contributed by atoms with Gasteiger partial charge in [0.25, 0.3) is 0 Å². The fraction of sp³-hybridized carbons (Fsp3) is 0.385. The van der Waals surface area contributed by atoms with Crippen LogP contribution < -0.4 is 0 Å². The Kier molecular flexibility index (Phi) is 3.13. The lowest BCUT2D eigenvalue weighted by Gasteiger charge is -2.05. The van der Waals surface area contributed by atoms with E-state index in [1.165, 1.54) is 0 Å². The number of aryl methyl sites for hydroxylation is 2. The maximum Gasteiger partial charge on any atom is 0.161 e. The molecule has 0 unspecified atom stereocenters. The number of carbonyl (C=O) groups is 1. The Labute approximate surface area is 101 Å². The summed E-state index contributed by atoms with van der Waals surface area (Å²) in [5.74, 6) is 0.101. The summed E-state index contributed by atoms with van der Waals surface area (Å²) >= 11 is 0. The first-order valence-corrected chi connectivity index (χ1v) is 5.80. The fourth-order valence-corrected chi connectivity index (χ4v) is 1.93. The van der Waals surface area contributed by atoms with E-state index in [1.54, 1.807) is 6.92 Å². The van der Waals surface area contributed by atoms with Crippen molar-refractivity contribution in [1.29, 1.82) is 0 Å². The zero-order valence-electron chi connectivity index (χ0n) is 10.5. The number of hydrogen-bond acceptors (Lipinski definition) is 2. The van der Waals surface area contributed by atoms with Crippen molar-refractivity contribution < 1.29 is 4.79 Å². The molecule has 2 rings (SSSR count). The highest BCUT2D eigenvalue weighted by Gasteiger charge is 2.06. The average Bonchev–Trinajstić information content (AvgIpc) is 2.86. The van der Waals surface area contributed by atoms with Crippen molar-refractivity contribution in [3.05, 3.63) is 41.5 Å². The molecule has 0 amide bonds. The zero-order valence-corrected chi connectivity index (χ0v) is 10.5. The normalized spacial score (nSPS) is 10.8. The summed E-state index contributed by atoms with van der Waals surface area (Å²) in [6, 6.07) is 3.93. The highest BCUT2D eigenvalue weighted by Crippen LogP contribution is 2.09. The second-order valence-electron chi connectivity index (χ2n) is 4.22. The molecule has 2 aromatic rings. The molecule has 0 aliphatic rings. The van der Waals surface area contributed by atoms with E-state index in [0.717, 1.165) is 30.0 Å². The molecular weight excluding hydrogens is 214 g/mol. The standard InChI is InChI=1S/C13H17N3O/c1-4-16-13(7-10(2)14-16)9-15-6-5-12(8-15)11(3)17/h5-8H,4,9H2,1-3H3. The first-order valence-electron chi connectivity index (χ1n) is 5.80. The Bertz CT molecular complexity index is 537. The van der Waals surface area contributed by atoms with Crippen LogP contribution in [0.5, 0.6) is 0 Å². The SMILES string of the molecule is CCn1nc(C)cc1Cn1ccc(C(C)=O)c1. The third-order valence-electron chi connectivity index (χ3n) is 2.79. The zero-order chi connectivity index (χ0) is 12.4. The van der Waals surface area contributed by atoms with Gasteiger partial charge in [0.05, 0.1) is 17.9 Å². The molecule has 0 radical (unpaired) electrons. The van der Waals surface area contributed by atoms with Crippen LogP contribution in [-0.2, 0) is 13.1 Å². The second kappa shape index (κ2) is 4.57. The largest absolute Gasteiger partial charge is 0.348 e. The van der Waals surface area contributed by atoms with Crippen LogP contribution in [0.2, 0.25) is 0 Å². The first-order chi connectivity index (χ1) is 8.10. The van der Waals surface area contributed by atoms with Crippen LogP contribution in [0, 0.1) is 6.92 Å². The first kappa shape index (κ1) is 11.6. The van der Waals surface area contributed by atoms with E-state index in [-0.39, 0.29) is 5.78 Å². The summed E-state index contributed by atoms with van der Waals surface area (Å²) in [5.41, 5.74) is 2.95. The van der Waals surface area contributed by atoms with Crippen molar-refractivity contribution in [1.82, 2.24) is 14.3 Å². The second-order valence-corrected chi connectivity index (χ2v) is 4.22. The number of Topliss-reactive ketones (excluding diaryl/α,β-unsaturated/α-hetero) is 1. The number of hydrogen-bond donors (Lipinski definition) is 0. The van der Waals surface area contributed by atoms with Gasteiger partial charge in [-0.15, -0.1) is 0 Å². The molecule has 90 valence electrons. The number of nitrogens with zero attached hydrogens (tertiary/aromatic N) is 3. The smallest absolute Gasteiger partial charge is 0.161 e. The lowest BCUT2D eigenvalue weighted by molar-refractivity contribution is 0.101. The summed E-state index contributed by atoms with van der Waals surface area (Å²) in [6.07, 6.45) is 3.81. The molecule has 2 aromatic heterocycles. The van der Waals surface area contributed by atoms with Gasteiger partial charge in [0.15, 0.2) is 5.78 Å². The van der Waals surface area contributed by atoms with Gasteiger partial charge in [-0.1, -0.05) is 0 Å². The summed E-state index contributed by atoms with van der Waals surface area (Å²) in [4.78, 5) is 11.2. The predicted octanol–water partition coefficient (Wildman–Crippen LogP) is 2.26. The van der Waals surface area contributed by atoms with Crippen LogP contribution in [0.4, 0.5) is 0 Å². The minimum absolute atomic E-state index is 0.101. The molecule has 4 nitrogen and oxygen atoms in total. The summed E-state index contributed by atoms with van der Waals surface area (Å²) < 4.78 is 4.00. The molecule has 2 heterocycles. The minimum Gasteiger partial charge on any atom is -0.348 e. The van der Waals surface area contributed by atoms with Crippen molar-refractivity contribution in [2.75, 3.05) is 0 Å². The van der Waals surface area contributed by atoms with Crippen molar-refractivity contribution in [2.24, 2.45) is 0 Å². The predicted molar refractivity (Wildman–Crippen MR) is 66.2 cm³/mol. The molecule has 0 bridgehead atoms. The summed E-state index contributed by atoms with van der Waals surface area (Å²) in [5, 5.41) is 4.40. The van der Waals surface area contributed by atoms with E-state index in [0.29, 0.717) is 0 Å². The van der Waals surface area contributed by atoms with Crippen LogP contribution in [-0.4, -0.2) is 20.1 Å². The Morgan fingerprint density at radius 3 is 2.82 bits per heavy atom. The molecule has 0 aliphatic carbocycles. The van der Waals surface area contributed by atoms with Crippen LogP contribution >= 0.6 is 0 Å². The van der Waals surface area contributed by atoms with E-state index in [9.17, 15) is 4.79 Å². The molecule has 0 spiro atoms. The third kappa shape index (κ3) is 2.46. The molecule has 0 atom stereocenters. The van der Waals surface area contributed by atoms with Gasteiger partial charge in [-0.3, -0.25) is 9.48 Å². The van der Waals surface area contributed by atoms with Gasteiger partial charge in [0.1, 0.15) is 0 Å². The van der Waals surface area contributed by atoms with E-state index in [2.05, 4.69) is 18.1 Å². The topological polar surface area (TPSA) is 39.8 Å². The number of ketones is 1. The van der Waals surface area contributed by atoms with Crippen molar-refractivity contribution >= 4 is 5.78 Å². The van der Waals surface area contributed by atoms with Gasteiger partial charge in [0.2, 0.25) is 0 Å². The maximum absolute atomic E-state index is 11.2. The van der Waals surface area contributed by atoms with Gasteiger partial charge in [0, 0.05) is 24.5 Å². The molecule has 0 N–H and O–H groups in total. The van der Waals surface area contributed by atoms with Gasteiger partial charge in [-0.25, -0.2) is 0 Å². The van der Waals surface area contributed by atoms with Crippen molar-refractivity contribution in [3.63, 3.8) is 0 Å². The fourth-order valence-electron chi connectivity index (χ4n) is 1.93. The van der Waals surface area contributed by atoms with E-state index in [1.807, 2.05) is 34.6 Å². The maximum atomic E-state index is 11.2. The van der Waals surface area contributed by atoms with Gasteiger partial charge in [-0.2, -0.15) is 5.10 Å². The molecule has 0 fully saturated rings. The molecule has 0 saturated carbocycles. The molecule has 17 heavy (non-hydrogen) atoms. The lowest BCUT2D eigenvalue weighted by Crippen LogP contribution is -2.06. The van der Waals surface area contributed by atoms with Gasteiger partial charge >= 0.3 is 0 Å². The highest BCUT2D eigenvalue weighted by molar-refractivity contribution is 5.93. The van der Waals surface area contributed by atoms with Gasteiger partial charge in [-0.05, 0) is 32.9 Å². The molecule has 0 saturated heterocycles. The molecule has 0 aliphatic heterocycles. The van der Waals surface area contributed by atoms with E-state index in [4.69, 9.17) is 0 Å². The monoisotopic (exact) mass is 231 g/mol. The Morgan fingerprint density at radius 2 is 2.24 bits per heavy atom. The van der Waals surface area contributed by atoms with E-state index < -0.39 is 0 Å². The third-order valence-corrected chi connectivity index (χ3v) is 2.79.